The summed E-state index contributed by atoms with van der Waals surface area (Å²) >= 11 is 1.66. The number of carbonyl (C=O) groups is 1. The van der Waals surface area contributed by atoms with Gasteiger partial charge in [0.1, 0.15) is 5.76 Å². The third kappa shape index (κ3) is 4.14. The second kappa shape index (κ2) is 7.34. The molecule has 0 amide bonds. The molecule has 0 aliphatic heterocycles. The van der Waals surface area contributed by atoms with Crippen LogP contribution in [0.15, 0.2) is 82.3 Å². The summed E-state index contributed by atoms with van der Waals surface area (Å²) < 4.78 is 5.55. The maximum atomic E-state index is 12.6. The summed E-state index contributed by atoms with van der Waals surface area (Å²) in [4.78, 5) is 13.7. The van der Waals surface area contributed by atoms with Gasteiger partial charge in [-0.2, -0.15) is 0 Å². The lowest BCUT2D eigenvalue weighted by Gasteiger charge is -2.14. The van der Waals surface area contributed by atoms with Crippen molar-refractivity contribution in [2.75, 3.05) is 0 Å². The molecule has 0 radical (unpaired) electrons. The van der Waals surface area contributed by atoms with E-state index in [2.05, 4.69) is 12.1 Å². The number of benzene rings is 2. The first-order valence-corrected chi connectivity index (χ1v) is 8.45. The number of ketones is 1. The monoisotopic (exact) mass is 322 g/mol. The molecule has 0 unspecified atom stereocenters. The van der Waals surface area contributed by atoms with Crippen molar-refractivity contribution >= 4 is 17.5 Å². The van der Waals surface area contributed by atoms with Crippen LogP contribution >= 0.6 is 11.8 Å². The average Bonchev–Trinajstić information content (AvgIpc) is 3.10. The topological polar surface area (TPSA) is 30.2 Å². The van der Waals surface area contributed by atoms with Crippen LogP contribution in [0.5, 0.6) is 0 Å². The highest BCUT2D eigenvalue weighted by Crippen LogP contribution is 2.38. The van der Waals surface area contributed by atoms with Gasteiger partial charge in [-0.15, -0.1) is 11.8 Å². The van der Waals surface area contributed by atoms with Gasteiger partial charge in [-0.05, 0) is 31.2 Å². The van der Waals surface area contributed by atoms with E-state index in [1.54, 1.807) is 18.0 Å². The fraction of sp³-hybridized carbons (Fsp3) is 0.150. The molecule has 3 aromatic rings. The molecule has 116 valence electrons. The Balaban J connectivity index is 1.78. The highest BCUT2D eigenvalue weighted by atomic mass is 32.2. The Morgan fingerprint density at radius 2 is 1.74 bits per heavy atom. The number of aryl methyl sites for hydroxylation is 1. The number of Topliss-reactive ketones (excluding diaryl/α,β-unsaturated/α-hetero) is 1. The number of hydrogen-bond acceptors (Lipinski definition) is 3. The third-order valence-corrected chi connectivity index (χ3v) is 4.85. The molecule has 0 saturated heterocycles. The molecular weight excluding hydrogens is 304 g/mol. The van der Waals surface area contributed by atoms with Crippen LogP contribution < -0.4 is 0 Å². The van der Waals surface area contributed by atoms with Crippen molar-refractivity contribution in [2.24, 2.45) is 0 Å². The predicted octanol–water partition coefficient (Wildman–Crippen LogP) is 5.69. The Kier molecular flexibility index (Phi) is 4.99. The van der Waals surface area contributed by atoms with Crippen molar-refractivity contribution in [3.05, 3.63) is 89.9 Å². The minimum Gasteiger partial charge on any atom is -0.468 e. The van der Waals surface area contributed by atoms with Gasteiger partial charge in [-0.1, -0.05) is 48.0 Å². The largest absolute Gasteiger partial charge is 0.468 e. The second-order valence-corrected chi connectivity index (χ2v) is 6.70. The zero-order valence-corrected chi connectivity index (χ0v) is 13.8. The Hall–Kier alpha value is -2.26. The second-order valence-electron chi connectivity index (χ2n) is 5.43. The van der Waals surface area contributed by atoms with Crippen molar-refractivity contribution in [1.29, 1.82) is 0 Å². The molecule has 0 bridgehead atoms. The summed E-state index contributed by atoms with van der Waals surface area (Å²) in [6, 6.07) is 21.6. The van der Waals surface area contributed by atoms with Crippen LogP contribution in [0.25, 0.3) is 0 Å². The standard InChI is InChI=1S/C20H18O2S/c1-15-9-11-16(12-10-15)18(21)14-20(19-8-5-13-22-19)23-17-6-3-2-4-7-17/h2-13,20H,14H2,1H3/t20-/m1/s1. The van der Waals surface area contributed by atoms with E-state index < -0.39 is 0 Å². The molecule has 0 saturated carbocycles. The first-order chi connectivity index (χ1) is 11.2. The summed E-state index contributed by atoms with van der Waals surface area (Å²) in [5.41, 5.74) is 1.91. The molecule has 2 nitrogen and oxygen atoms in total. The molecule has 0 aliphatic rings. The zero-order valence-electron chi connectivity index (χ0n) is 12.9. The summed E-state index contributed by atoms with van der Waals surface area (Å²) in [6.07, 6.45) is 2.07. The minimum absolute atomic E-state index is 0.0267. The zero-order chi connectivity index (χ0) is 16.1. The van der Waals surface area contributed by atoms with E-state index in [1.165, 1.54) is 0 Å². The maximum absolute atomic E-state index is 12.6. The predicted molar refractivity (Wildman–Crippen MR) is 93.9 cm³/mol. The van der Waals surface area contributed by atoms with E-state index in [4.69, 9.17) is 4.42 Å². The lowest BCUT2D eigenvalue weighted by atomic mass is 10.0. The molecule has 1 atom stereocenters. The van der Waals surface area contributed by atoms with E-state index in [0.717, 1.165) is 21.8 Å². The summed E-state index contributed by atoms with van der Waals surface area (Å²) in [5.74, 6) is 0.967. The fourth-order valence-electron chi connectivity index (χ4n) is 2.36. The average molecular weight is 322 g/mol. The molecule has 0 spiro atoms. The number of thioether (sulfide) groups is 1. The van der Waals surface area contributed by atoms with Crippen molar-refractivity contribution in [3.63, 3.8) is 0 Å². The van der Waals surface area contributed by atoms with Gasteiger partial charge in [0.25, 0.3) is 0 Å². The fourth-order valence-corrected chi connectivity index (χ4v) is 3.49. The molecule has 1 aromatic heterocycles. The van der Waals surface area contributed by atoms with Gasteiger partial charge in [-0.25, -0.2) is 0 Å². The van der Waals surface area contributed by atoms with E-state index in [9.17, 15) is 4.79 Å². The highest BCUT2D eigenvalue weighted by Gasteiger charge is 2.20. The van der Waals surface area contributed by atoms with E-state index in [1.807, 2.05) is 61.5 Å². The molecule has 3 rings (SSSR count). The lowest BCUT2D eigenvalue weighted by Crippen LogP contribution is -2.05. The SMILES string of the molecule is Cc1ccc(C(=O)C[C@@H](Sc2ccccc2)c2ccco2)cc1. The van der Waals surface area contributed by atoms with Gasteiger partial charge in [0, 0.05) is 16.9 Å². The van der Waals surface area contributed by atoms with Gasteiger partial charge in [-0.3, -0.25) is 4.79 Å². The normalized spacial score (nSPS) is 12.0. The Morgan fingerprint density at radius 3 is 2.39 bits per heavy atom. The van der Waals surface area contributed by atoms with Crippen LogP contribution in [0, 0.1) is 6.92 Å². The minimum atomic E-state index is -0.0267. The van der Waals surface area contributed by atoms with E-state index >= 15 is 0 Å². The molecule has 0 aliphatic carbocycles. The Labute approximate surface area is 140 Å². The van der Waals surface area contributed by atoms with Crippen LogP contribution in [0.4, 0.5) is 0 Å². The van der Waals surface area contributed by atoms with E-state index in [0.29, 0.717) is 6.42 Å². The van der Waals surface area contributed by atoms with Gasteiger partial charge >= 0.3 is 0 Å². The third-order valence-electron chi connectivity index (χ3n) is 3.63. The number of carbonyl (C=O) groups excluding carboxylic acids is 1. The van der Waals surface area contributed by atoms with Crippen molar-refractivity contribution < 1.29 is 9.21 Å². The number of furan rings is 1. The summed E-state index contributed by atoms with van der Waals surface area (Å²) in [5, 5.41) is -0.0267. The van der Waals surface area contributed by atoms with Gasteiger partial charge < -0.3 is 4.42 Å². The van der Waals surface area contributed by atoms with Gasteiger partial charge in [0.2, 0.25) is 0 Å². The van der Waals surface area contributed by atoms with Crippen molar-refractivity contribution in [1.82, 2.24) is 0 Å². The molecule has 1 heterocycles. The molecule has 3 heteroatoms. The van der Waals surface area contributed by atoms with Crippen LogP contribution in [0.2, 0.25) is 0 Å². The smallest absolute Gasteiger partial charge is 0.164 e. The van der Waals surface area contributed by atoms with Crippen molar-refractivity contribution in [2.45, 2.75) is 23.5 Å². The maximum Gasteiger partial charge on any atom is 0.164 e. The lowest BCUT2D eigenvalue weighted by molar-refractivity contribution is 0.0980. The quantitative estimate of drug-likeness (QED) is 0.431. The molecule has 23 heavy (non-hydrogen) atoms. The van der Waals surface area contributed by atoms with Crippen LogP contribution in [-0.4, -0.2) is 5.78 Å². The van der Waals surface area contributed by atoms with Crippen LogP contribution in [0.3, 0.4) is 0 Å². The highest BCUT2D eigenvalue weighted by molar-refractivity contribution is 7.99. The molecular formula is C20H18O2S. The molecule has 2 aromatic carbocycles. The number of rotatable bonds is 6. The summed E-state index contributed by atoms with van der Waals surface area (Å²) in [6.45, 7) is 2.02. The van der Waals surface area contributed by atoms with Crippen LogP contribution in [0.1, 0.15) is 33.4 Å². The van der Waals surface area contributed by atoms with Gasteiger partial charge in [0.15, 0.2) is 5.78 Å². The van der Waals surface area contributed by atoms with Crippen LogP contribution in [-0.2, 0) is 0 Å². The Bertz CT molecular complexity index is 746. The first-order valence-electron chi connectivity index (χ1n) is 7.57. The number of hydrogen-bond donors (Lipinski definition) is 0. The van der Waals surface area contributed by atoms with Gasteiger partial charge in [0.05, 0.1) is 11.5 Å². The first kappa shape index (κ1) is 15.6. The molecule has 0 fully saturated rings. The molecule has 0 N–H and O–H groups in total. The Morgan fingerprint density at radius 1 is 1.00 bits per heavy atom. The van der Waals surface area contributed by atoms with Crippen molar-refractivity contribution in [3.8, 4) is 0 Å². The summed E-state index contributed by atoms with van der Waals surface area (Å²) in [7, 11) is 0. The van der Waals surface area contributed by atoms with E-state index in [-0.39, 0.29) is 11.0 Å².